The molecule has 8 N–H and O–H groups in total. The van der Waals surface area contributed by atoms with Gasteiger partial charge in [0.15, 0.2) is 0 Å². The first kappa shape index (κ1) is 63.8. The Labute approximate surface area is 486 Å². The van der Waals surface area contributed by atoms with Gasteiger partial charge in [0, 0.05) is 23.7 Å². The molecule has 448 valence electrons. The molecule has 2 aliphatic heterocycles. The summed E-state index contributed by atoms with van der Waals surface area (Å²) in [5, 5.41) is 16.6. The number of alkyl carbamates (subject to hydrolysis) is 3. The zero-order valence-electron chi connectivity index (χ0n) is 49.8. The molecule has 83 heavy (non-hydrogen) atoms. The van der Waals surface area contributed by atoms with E-state index in [0.717, 1.165) is 35.3 Å². The number of aryl methyl sites for hydroxylation is 1. The molecule has 0 radical (unpaired) electrons. The number of nitrogens with zero attached hydrogens (tertiary/aromatic N) is 2. The summed E-state index contributed by atoms with van der Waals surface area (Å²) >= 11 is 0. The largest absolute Gasteiger partial charge is 0.491 e. The second kappa shape index (κ2) is 28.5. The Bertz CT molecular complexity index is 2970. The molecule has 0 spiro atoms. The van der Waals surface area contributed by atoms with Crippen LogP contribution in [0.2, 0.25) is 0 Å². The quantitative estimate of drug-likeness (QED) is 0.0347. The highest BCUT2D eigenvalue weighted by molar-refractivity contribution is 6.00. The fraction of sp³-hybridized carbons (Fsp3) is 0.475. The molecule has 22 nitrogen and oxygen atoms in total. The van der Waals surface area contributed by atoms with Gasteiger partial charge in [-0.05, 0) is 153 Å². The van der Waals surface area contributed by atoms with Crippen molar-refractivity contribution in [1.82, 2.24) is 47.7 Å². The van der Waals surface area contributed by atoms with E-state index in [-0.39, 0.29) is 56.3 Å². The number of amides is 7. The number of unbranched alkanes of at least 4 members (excludes halogenated alkanes) is 1. The molecule has 0 aliphatic carbocycles. The van der Waals surface area contributed by atoms with Crippen LogP contribution in [0.3, 0.4) is 0 Å². The summed E-state index contributed by atoms with van der Waals surface area (Å²) in [6.45, 7) is 19.0. The topological polar surface area (TPSA) is 277 Å². The number of benzene rings is 4. The number of fused-ring (bicyclic) bond motifs is 5. The number of carbonyl (C=O) groups is 7. The Hall–Kier alpha value is -8.40. The molecule has 6 rings (SSSR count). The molecule has 4 aromatic carbocycles. The Balaban J connectivity index is 1.42. The molecule has 22 heteroatoms. The van der Waals surface area contributed by atoms with E-state index in [1.54, 1.807) is 111 Å². The maximum atomic E-state index is 15.2. The summed E-state index contributed by atoms with van der Waals surface area (Å²) in [6.07, 6.45) is 1.22. The molecule has 0 unspecified atom stereocenters. The molecule has 0 saturated carbocycles. The number of likely N-dealkylation sites (N-methyl/N-ethyl adjacent to an activating group) is 1. The molecule has 0 saturated heterocycles. The van der Waals surface area contributed by atoms with Crippen LogP contribution in [-0.4, -0.2) is 134 Å². The average molecular weight is 1150 g/mol. The third-order valence-electron chi connectivity index (χ3n) is 12.8. The molecular weight excluding hydrogens is 1060 g/mol. The van der Waals surface area contributed by atoms with Gasteiger partial charge in [-0.2, -0.15) is 0 Å². The zero-order valence-corrected chi connectivity index (χ0v) is 49.8. The van der Waals surface area contributed by atoms with Gasteiger partial charge in [-0.3, -0.25) is 24.2 Å². The minimum Gasteiger partial charge on any atom is -0.491 e. The maximum Gasteiger partial charge on any atom is 0.407 e. The minimum atomic E-state index is -1.53. The van der Waals surface area contributed by atoms with Crippen LogP contribution in [0.4, 0.5) is 14.4 Å². The standard InChI is InChI=1S/C61H82N10O12/c1-13-14-15-38-16-19-40(20-17-38)41-21-23-42(24-22-41)53(73)69-47(35-64-58(78)83-61(9,10)11)55(75)71(12)50-43-25-27-49(80-31-29-63-57(77)82-60(6,7)8)45(34-43)44-32-39(18-26-48(44)79-30-28-62-56(76)81-59(3,4)5)33-46(51-65-36-66-70-51)68-52(72)37(2)67-54(50)74/h16-27,32,34,37,46-47,50,66H,13-15,28-31,33,35-36H2,1-12H3,(H,62,76)(H,63,77)(H,64,78)(H,65,70)(H,67,74)(H,68,72)(H,69,73)/t37-,46-,47-,50-/m0/s1. The summed E-state index contributed by atoms with van der Waals surface area (Å²) in [5.41, 5.74) is 8.62. The van der Waals surface area contributed by atoms with Crippen LogP contribution in [0.15, 0.2) is 89.9 Å². The van der Waals surface area contributed by atoms with Crippen LogP contribution in [0.1, 0.15) is 122 Å². The Morgan fingerprint density at radius 2 is 1.23 bits per heavy atom. The van der Waals surface area contributed by atoms with Crippen molar-refractivity contribution in [2.45, 2.75) is 143 Å². The van der Waals surface area contributed by atoms with E-state index in [0.29, 0.717) is 28.3 Å². The lowest BCUT2D eigenvalue weighted by molar-refractivity contribution is -0.141. The van der Waals surface area contributed by atoms with Crippen molar-refractivity contribution < 1.29 is 57.2 Å². The number of carbonyl (C=O) groups excluding carboxylic acids is 7. The van der Waals surface area contributed by atoms with Gasteiger partial charge in [-0.15, -0.1) is 0 Å². The first-order valence-corrected chi connectivity index (χ1v) is 28.0. The van der Waals surface area contributed by atoms with Crippen LogP contribution in [0, 0.1) is 0 Å². The number of hydrazine groups is 1. The van der Waals surface area contributed by atoms with Gasteiger partial charge >= 0.3 is 18.3 Å². The van der Waals surface area contributed by atoms with E-state index in [9.17, 15) is 24.0 Å². The van der Waals surface area contributed by atoms with Gasteiger partial charge in [-0.25, -0.2) is 19.8 Å². The SMILES string of the molecule is CCCCc1ccc(-c2ccc(C(=O)N[C@@H](CNC(=O)OC(C)(C)C)C(=O)N(C)[C@@H]3C(=O)N[C@@H](C)C(=O)N[C@H](C4=NCNN4)Cc4ccc(OCCNC(=O)OC(C)(C)C)c(c4)-c4cc3ccc4OCCNC(=O)OC(C)(C)C)cc2)cc1. The molecule has 4 aromatic rings. The van der Waals surface area contributed by atoms with E-state index in [1.165, 1.54) is 19.5 Å². The van der Waals surface area contributed by atoms with E-state index >= 15 is 9.59 Å². The molecule has 4 bridgehead atoms. The molecule has 0 fully saturated rings. The lowest BCUT2D eigenvalue weighted by Gasteiger charge is -2.33. The molecule has 2 aliphatic rings. The molecule has 2 heterocycles. The first-order valence-electron chi connectivity index (χ1n) is 28.0. The molecule has 7 amide bonds. The Morgan fingerprint density at radius 3 is 1.77 bits per heavy atom. The van der Waals surface area contributed by atoms with Crippen LogP contribution in [-0.2, 0) is 41.4 Å². The van der Waals surface area contributed by atoms with Crippen molar-refractivity contribution in [3.05, 3.63) is 107 Å². The summed E-state index contributed by atoms with van der Waals surface area (Å²) in [7, 11) is 1.38. The first-order chi connectivity index (χ1) is 39.2. The second-order valence-electron chi connectivity index (χ2n) is 23.3. The molecular formula is C61H82N10O12. The number of aliphatic imine (C=N–C) groups is 1. The highest BCUT2D eigenvalue weighted by Gasteiger charge is 2.37. The van der Waals surface area contributed by atoms with Crippen LogP contribution >= 0.6 is 0 Å². The van der Waals surface area contributed by atoms with Crippen molar-refractivity contribution in [3.63, 3.8) is 0 Å². The van der Waals surface area contributed by atoms with E-state index in [1.807, 2.05) is 24.3 Å². The van der Waals surface area contributed by atoms with Crippen molar-refractivity contribution in [3.8, 4) is 33.8 Å². The highest BCUT2D eigenvalue weighted by atomic mass is 16.6. The molecule has 0 aromatic heterocycles. The second-order valence-corrected chi connectivity index (χ2v) is 23.3. The van der Waals surface area contributed by atoms with Crippen molar-refractivity contribution in [2.24, 2.45) is 4.99 Å². The predicted octanol–water partition coefficient (Wildman–Crippen LogP) is 7.00. The van der Waals surface area contributed by atoms with Crippen LogP contribution in [0.25, 0.3) is 22.3 Å². The minimum absolute atomic E-state index is 0.0198. The van der Waals surface area contributed by atoms with Gasteiger partial charge < -0.3 is 65.9 Å². The summed E-state index contributed by atoms with van der Waals surface area (Å²) in [5.74, 6) is -1.76. The highest BCUT2D eigenvalue weighted by Crippen LogP contribution is 2.40. The summed E-state index contributed by atoms with van der Waals surface area (Å²) < 4.78 is 29.2. The van der Waals surface area contributed by atoms with E-state index in [4.69, 9.17) is 23.7 Å². The number of hydrogen-bond acceptors (Lipinski definition) is 15. The van der Waals surface area contributed by atoms with Gasteiger partial charge in [-0.1, -0.05) is 61.9 Å². The fourth-order valence-electron chi connectivity index (χ4n) is 8.87. The Morgan fingerprint density at radius 1 is 0.687 bits per heavy atom. The fourth-order valence-corrected chi connectivity index (χ4v) is 8.87. The third-order valence-corrected chi connectivity index (χ3v) is 12.8. The summed E-state index contributed by atoms with van der Waals surface area (Å²) in [4.78, 5) is 103. The van der Waals surface area contributed by atoms with Crippen LogP contribution in [0.5, 0.6) is 11.5 Å². The van der Waals surface area contributed by atoms with Gasteiger partial charge in [0.2, 0.25) is 17.7 Å². The van der Waals surface area contributed by atoms with Gasteiger partial charge in [0.1, 0.15) is 72.1 Å². The normalized spacial score (nSPS) is 16.7. The molecule has 4 atom stereocenters. The van der Waals surface area contributed by atoms with E-state index in [2.05, 4.69) is 66.8 Å². The van der Waals surface area contributed by atoms with Gasteiger partial charge in [0.25, 0.3) is 5.91 Å². The smallest absolute Gasteiger partial charge is 0.407 e. The van der Waals surface area contributed by atoms with Crippen molar-refractivity contribution >= 4 is 47.7 Å². The van der Waals surface area contributed by atoms with Crippen molar-refractivity contribution in [1.29, 1.82) is 0 Å². The number of nitrogens with one attached hydrogen (secondary N) is 8. The summed E-state index contributed by atoms with van der Waals surface area (Å²) in [6, 6.07) is 20.5. The number of rotatable bonds is 19. The average Bonchev–Trinajstić information content (AvgIpc) is 4.12. The number of amidine groups is 1. The lowest BCUT2D eigenvalue weighted by Crippen LogP contribution is -2.57. The Kier molecular flexibility index (Phi) is 21.9. The monoisotopic (exact) mass is 1150 g/mol. The zero-order chi connectivity index (χ0) is 60.6. The number of hydrogen-bond donors (Lipinski definition) is 8. The number of ether oxygens (including phenoxy) is 5. The maximum absolute atomic E-state index is 15.2. The third kappa shape index (κ3) is 19.6. The lowest BCUT2D eigenvalue weighted by atomic mass is 9.93. The van der Waals surface area contributed by atoms with Crippen LogP contribution < -0.4 is 52.2 Å². The van der Waals surface area contributed by atoms with E-state index < -0.39 is 89.4 Å². The predicted molar refractivity (Wildman–Crippen MR) is 315 cm³/mol. The van der Waals surface area contributed by atoms with Gasteiger partial charge in [0.05, 0.1) is 25.7 Å². The van der Waals surface area contributed by atoms with Crippen molar-refractivity contribution in [2.75, 3.05) is 46.6 Å².